The highest BCUT2D eigenvalue weighted by atomic mass is 19.1. The highest BCUT2D eigenvalue weighted by molar-refractivity contribution is 5.95. The molecule has 0 radical (unpaired) electrons. The van der Waals surface area contributed by atoms with E-state index < -0.39 is 12.0 Å². The van der Waals surface area contributed by atoms with Crippen molar-refractivity contribution in [1.82, 2.24) is 9.55 Å². The van der Waals surface area contributed by atoms with Crippen molar-refractivity contribution in [3.63, 3.8) is 0 Å². The zero-order chi connectivity index (χ0) is 19.3. The van der Waals surface area contributed by atoms with Crippen LogP contribution in [0.15, 0.2) is 35.3 Å². The minimum atomic E-state index is -0.577. The summed E-state index contributed by atoms with van der Waals surface area (Å²) in [5, 5.41) is 2.97. The molecule has 9 heteroatoms. The number of aliphatic imine (C=N–C) groups is 1. The largest absolute Gasteiger partial charge is 0.494 e. The monoisotopic (exact) mass is 383 g/mol. The number of halogens is 1. The van der Waals surface area contributed by atoms with Crippen molar-refractivity contribution >= 4 is 22.9 Å². The first-order valence-electron chi connectivity index (χ1n) is 8.89. The number of methoxy groups -OCH3 is 1. The molecule has 8 nitrogen and oxygen atoms in total. The summed E-state index contributed by atoms with van der Waals surface area (Å²) in [6.45, 7) is 1.17. The zero-order valence-electron chi connectivity index (χ0n) is 15.1. The molecule has 1 aromatic heterocycles. The van der Waals surface area contributed by atoms with Gasteiger partial charge < -0.3 is 19.9 Å². The highest BCUT2D eigenvalue weighted by Gasteiger charge is 2.27. The lowest BCUT2D eigenvalue weighted by Gasteiger charge is -2.24. The van der Waals surface area contributed by atoms with Gasteiger partial charge in [-0.3, -0.25) is 9.88 Å². The molecule has 3 N–H and O–H groups in total. The summed E-state index contributed by atoms with van der Waals surface area (Å²) in [7, 11) is 1.42. The fraction of sp³-hybridized carbons (Fsp3) is 0.263. The van der Waals surface area contributed by atoms with E-state index in [-0.39, 0.29) is 11.7 Å². The first-order valence-corrected chi connectivity index (χ1v) is 8.89. The molecule has 0 aliphatic carbocycles. The van der Waals surface area contributed by atoms with Crippen LogP contribution in [0.1, 0.15) is 18.2 Å². The van der Waals surface area contributed by atoms with E-state index in [9.17, 15) is 4.39 Å². The molecule has 1 unspecified atom stereocenters. The third-order valence-electron chi connectivity index (χ3n) is 4.78. The van der Waals surface area contributed by atoms with E-state index in [0.29, 0.717) is 41.7 Å². The topological polar surface area (TPSA) is 95.9 Å². The van der Waals surface area contributed by atoms with Gasteiger partial charge in [0.05, 0.1) is 31.4 Å². The van der Waals surface area contributed by atoms with Gasteiger partial charge in [-0.15, -0.1) is 0 Å². The van der Waals surface area contributed by atoms with Crippen molar-refractivity contribution in [3.05, 3.63) is 41.7 Å². The van der Waals surface area contributed by atoms with E-state index in [1.54, 1.807) is 12.1 Å². The number of guanidine groups is 1. The van der Waals surface area contributed by atoms with Gasteiger partial charge in [0.2, 0.25) is 5.95 Å². The predicted molar refractivity (Wildman–Crippen MR) is 102 cm³/mol. The summed E-state index contributed by atoms with van der Waals surface area (Å²) < 4.78 is 32.7. The quantitative estimate of drug-likeness (QED) is 0.706. The number of hydrogen-bond donors (Lipinski definition) is 2. The molecule has 28 heavy (non-hydrogen) atoms. The van der Waals surface area contributed by atoms with Crippen LogP contribution in [0.2, 0.25) is 0 Å². The summed E-state index contributed by atoms with van der Waals surface area (Å²) in [5.74, 6) is 1.73. The minimum Gasteiger partial charge on any atom is -0.494 e. The molecule has 0 fully saturated rings. The maximum Gasteiger partial charge on any atom is 0.212 e. The molecular formula is C19H18FN5O3. The number of imidazole rings is 1. The predicted octanol–water partition coefficient (Wildman–Crippen LogP) is 2.63. The molecule has 0 bridgehead atoms. The molecule has 144 valence electrons. The zero-order valence-corrected chi connectivity index (χ0v) is 15.1. The molecule has 0 saturated heterocycles. The van der Waals surface area contributed by atoms with Gasteiger partial charge in [-0.05, 0) is 12.1 Å². The number of rotatable bonds is 2. The average Bonchev–Trinajstić information content (AvgIpc) is 2.87. The lowest BCUT2D eigenvalue weighted by atomic mass is 10.1. The van der Waals surface area contributed by atoms with Gasteiger partial charge in [0, 0.05) is 24.1 Å². The van der Waals surface area contributed by atoms with Crippen LogP contribution in [0.3, 0.4) is 0 Å². The lowest BCUT2D eigenvalue weighted by molar-refractivity contribution is 0.297. The molecule has 1 atom stereocenters. The number of hydrogen-bond acceptors (Lipinski definition) is 7. The van der Waals surface area contributed by atoms with Gasteiger partial charge >= 0.3 is 0 Å². The third kappa shape index (κ3) is 2.58. The van der Waals surface area contributed by atoms with E-state index in [1.165, 1.54) is 13.2 Å². The summed E-state index contributed by atoms with van der Waals surface area (Å²) in [4.78, 5) is 9.08. The van der Waals surface area contributed by atoms with Crippen LogP contribution in [0.4, 0.5) is 10.3 Å². The van der Waals surface area contributed by atoms with Crippen LogP contribution < -0.4 is 25.3 Å². The summed E-state index contributed by atoms with van der Waals surface area (Å²) in [6, 6.07) is 8.43. The number of fused-ring (bicyclic) bond motifs is 4. The standard InChI is InChI=1S/C19H18FN5O3/c1-26-14-4-3-10(7-11(14)20)17-23-18(21)24-19-22-12-8-15-16(9-13(12)25(17)19)28-6-2-5-27-15/h3-4,7-9,17H,2,5-6H2,1H3,(H3,21,22,23,24). The second-order valence-electron chi connectivity index (χ2n) is 6.55. The van der Waals surface area contributed by atoms with Crippen molar-refractivity contribution < 1.29 is 18.6 Å². The molecular weight excluding hydrogens is 365 g/mol. The van der Waals surface area contributed by atoms with Gasteiger partial charge in [-0.1, -0.05) is 6.07 Å². The van der Waals surface area contributed by atoms with Crippen LogP contribution in [0, 0.1) is 5.82 Å². The first kappa shape index (κ1) is 16.7. The van der Waals surface area contributed by atoms with Crippen molar-refractivity contribution in [1.29, 1.82) is 0 Å². The number of anilines is 1. The Hall–Kier alpha value is -3.49. The normalized spacial score (nSPS) is 18.1. The highest BCUT2D eigenvalue weighted by Crippen LogP contribution is 2.39. The SMILES string of the molecule is COc1ccc(C2N=C(N)Nc3nc4cc5c(cc4n32)OCCCO5)cc1F. The molecule has 2 aliphatic rings. The number of nitrogens with zero attached hydrogens (tertiary/aromatic N) is 3. The first-order chi connectivity index (χ1) is 13.6. The van der Waals surface area contributed by atoms with Crippen molar-refractivity contribution in [2.45, 2.75) is 12.6 Å². The number of nitrogens with two attached hydrogens (primary N) is 1. The molecule has 2 aliphatic heterocycles. The summed E-state index contributed by atoms with van der Waals surface area (Å²) in [5.41, 5.74) is 8.06. The van der Waals surface area contributed by atoms with E-state index >= 15 is 0 Å². The van der Waals surface area contributed by atoms with E-state index in [4.69, 9.17) is 19.9 Å². The molecule has 0 amide bonds. The maximum absolute atomic E-state index is 14.3. The van der Waals surface area contributed by atoms with Crippen LogP contribution in [0.25, 0.3) is 11.0 Å². The molecule has 0 spiro atoms. The number of ether oxygens (including phenoxy) is 3. The van der Waals surface area contributed by atoms with Crippen molar-refractivity contribution in [2.24, 2.45) is 10.7 Å². The van der Waals surface area contributed by atoms with E-state index in [2.05, 4.69) is 15.3 Å². The molecule has 5 rings (SSSR count). The Morgan fingerprint density at radius 2 is 2.00 bits per heavy atom. The molecule has 2 aromatic carbocycles. The number of nitrogens with one attached hydrogen (secondary N) is 1. The van der Waals surface area contributed by atoms with Crippen molar-refractivity contribution in [3.8, 4) is 17.2 Å². The van der Waals surface area contributed by atoms with Gasteiger partial charge in [-0.2, -0.15) is 0 Å². The lowest BCUT2D eigenvalue weighted by Crippen LogP contribution is -2.31. The van der Waals surface area contributed by atoms with Crippen molar-refractivity contribution in [2.75, 3.05) is 25.6 Å². The fourth-order valence-electron chi connectivity index (χ4n) is 3.49. The Kier molecular flexibility index (Phi) is 3.75. The van der Waals surface area contributed by atoms with Crippen LogP contribution in [-0.2, 0) is 0 Å². The third-order valence-corrected chi connectivity index (χ3v) is 4.78. The Balaban J connectivity index is 1.68. The second-order valence-corrected chi connectivity index (χ2v) is 6.55. The van der Waals surface area contributed by atoms with Gasteiger partial charge in [0.25, 0.3) is 0 Å². The van der Waals surface area contributed by atoms with Crippen LogP contribution in [-0.4, -0.2) is 35.8 Å². The molecule has 3 heterocycles. The number of aromatic nitrogens is 2. The van der Waals surface area contributed by atoms with Gasteiger partial charge in [0.15, 0.2) is 35.2 Å². The van der Waals surface area contributed by atoms with Gasteiger partial charge in [-0.25, -0.2) is 14.4 Å². The average molecular weight is 383 g/mol. The Morgan fingerprint density at radius 1 is 1.21 bits per heavy atom. The van der Waals surface area contributed by atoms with E-state index in [1.807, 2.05) is 16.7 Å². The minimum absolute atomic E-state index is 0.168. The smallest absolute Gasteiger partial charge is 0.212 e. The Bertz CT molecular complexity index is 1110. The molecule has 3 aromatic rings. The Labute approximate surface area is 159 Å². The van der Waals surface area contributed by atoms with Gasteiger partial charge in [0.1, 0.15) is 0 Å². The number of benzene rings is 2. The van der Waals surface area contributed by atoms with Crippen LogP contribution in [0.5, 0.6) is 17.2 Å². The Morgan fingerprint density at radius 3 is 2.75 bits per heavy atom. The second kappa shape index (κ2) is 6.29. The molecule has 0 saturated carbocycles. The summed E-state index contributed by atoms with van der Waals surface area (Å²) in [6.07, 6.45) is 0.236. The summed E-state index contributed by atoms with van der Waals surface area (Å²) >= 11 is 0. The fourth-order valence-corrected chi connectivity index (χ4v) is 3.49. The van der Waals surface area contributed by atoms with Crippen LogP contribution >= 0.6 is 0 Å². The maximum atomic E-state index is 14.3. The van der Waals surface area contributed by atoms with E-state index in [0.717, 1.165) is 11.9 Å².